The lowest BCUT2D eigenvalue weighted by Crippen LogP contribution is -2.14. The summed E-state index contributed by atoms with van der Waals surface area (Å²) in [5.41, 5.74) is 3.69. The topological polar surface area (TPSA) is 72.0 Å². The molecule has 0 aliphatic heterocycles. The van der Waals surface area contributed by atoms with Gasteiger partial charge in [0.05, 0.1) is 33.9 Å². The molecule has 0 saturated heterocycles. The molecule has 1 heterocycles. The van der Waals surface area contributed by atoms with Gasteiger partial charge in [0.25, 0.3) is 0 Å². The molecule has 2 rings (SSSR count). The number of aromatic nitrogens is 2. The monoisotopic (exact) mass is 265 g/mol. The number of nitrogens with one attached hydrogen (secondary N) is 1. The Morgan fingerprint density at radius 3 is 2.33 bits per heavy atom. The van der Waals surface area contributed by atoms with Gasteiger partial charge in [-0.3, -0.25) is 4.72 Å². The lowest BCUT2D eigenvalue weighted by atomic mass is 10.2. The molecule has 0 fully saturated rings. The Morgan fingerprint density at radius 2 is 1.72 bits per heavy atom. The van der Waals surface area contributed by atoms with Gasteiger partial charge in [-0.1, -0.05) is 0 Å². The van der Waals surface area contributed by atoms with Crippen molar-refractivity contribution < 1.29 is 8.42 Å². The number of aryl methyl sites for hydroxylation is 2. The minimum atomic E-state index is -3.26. The zero-order valence-electron chi connectivity index (χ0n) is 10.6. The Kier molecular flexibility index (Phi) is 3.21. The zero-order chi connectivity index (χ0) is 13.3. The minimum absolute atomic E-state index is 0.0453. The molecule has 1 aromatic heterocycles. The van der Waals surface area contributed by atoms with Crippen molar-refractivity contribution in [1.82, 2.24) is 9.97 Å². The Hall–Kier alpha value is -1.69. The van der Waals surface area contributed by atoms with Gasteiger partial charge in [0.2, 0.25) is 10.0 Å². The van der Waals surface area contributed by atoms with E-state index in [1.165, 1.54) is 0 Å². The first kappa shape index (κ1) is 12.8. The number of fused-ring (bicyclic) bond motifs is 1. The van der Waals surface area contributed by atoms with Crippen LogP contribution < -0.4 is 4.72 Å². The molecule has 96 valence electrons. The highest BCUT2D eigenvalue weighted by Gasteiger charge is 2.08. The van der Waals surface area contributed by atoms with Crippen molar-refractivity contribution in [2.45, 2.75) is 20.8 Å². The highest BCUT2D eigenvalue weighted by molar-refractivity contribution is 7.92. The second-order valence-electron chi connectivity index (χ2n) is 4.10. The molecular formula is C12H15N3O2S. The Morgan fingerprint density at radius 1 is 1.11 bits per heavy atom. The first-order valence-corrected chi connectivity index (χ1v) is 7.32. The second kappa shape index (κ2) is 4.53. The van der Waals surface area contributed by atoms with Crippen molar-refractivity contribution >= 4 is 26.7 Å². The number of rotatable bonds is 3. The van der Waals surface area contributed by atoms with E-state index in [2.05, 4.69) is 14.7 Å². The van der Waals surface area contributed by atoms with Gasteiger partial charge < -0.3 is 0 Å². The van der Waals surface area contributed by atoms with E-state index in [1.807, 2.05) is 13.8 Å². The second-order valence-corrected chi connectivity index (χ2v) is 6.11. The van der Waals surface area contributed by atoms with Gasteiger partial charge in [-0.05, 0) is 39.0 Å². The van der Waals surface area contributed by atoms with Gasteiger partial charge >= 0.3 is 0 Å². The van der Waals surface area contributed by atoms with Crippen LogP contribution in [-0.4, -0.2) is 24.1 Å². The van der Waals surface area contributed by atoms with E-state index in [4.69, 9.17) is 0 Å². The largest absolute Gasteiger partial charge is 0.283 e. The summed E-state index contributed by atoms with van der Waals surface area (Å²) in [6, 6.07) is 5.16. The first-order chi connectivity index (χ1) is 8.41. The Labute approximate surface area is 106 Å². The molecule has 0 aliphatic carbocycles. The molecule has 0 bridgehead atoms. The molecule has 0 saturated carbocycles. The first-order valence-electron chi connectivity index (χ1n) is 5.67. The van der Waals surface area contributed by atoms with Gasteiger partial charge in [0.1, 0.15) is 0 Å². The Bertz CT molecular complexity index is 696. The average Bonchev–Trinajstić information content (AvgIpc) is 2.31. The minimum Gasteiger partial charge on any atom is -0.283 e. The summed E-state index contributed by atoms with van der Waals surface area (Å²) in [6.45, 7) is 5.37. The summed E-state index contributed by atoms with van der Waals surface area (Å²) in [4.78, 5) is 8.79. The van der Waals surface area contributed by atoms with E-state index in [0.717, 1.165) is 16.9 Å². The van der Waals surface area contributed by atoms with Crippen molar-refractivity contribution in [1.29, 1.82) is 0 Å². The third kappa shape index (κ3) is 2.59. The van der Waals surface area contributed by atoms with Gasteiger partial charge in [-0.25, -0.2) is 18.4 Å². The summed E-state index contributed by atoms with van der Waals surface area (Å²) >= 11 is 0. The van der Waals surface area contributed by atoms with Gasteiger partial charge in [0.15, 0.2) is 0 Å². The molecule has 2 aromatic rings. The molecule has 6 heteroatoms. The summed E-state index contributed by atoms with van der Waals surface area (Å²) in [6.07, 6.45) is 0. The normalized spacial score (nSPS) is 11.7. The fraction of sp³-hybridized carbons (Fsp3) is 0.333. The van der Waals surface area contributed by atoms with Crippen LogP contribution in [0.15, 0.2) is 18.2 Å². The van der Waals surface area contributed by atoms with Crippen LogP contribution in [0.2, 0.25) is 0 Å². The van der Waals surface area contributed by atoms with Crippen LogP contribution in [0.4, 0.5) is 5.69 Å². The van der Waals surface area contributed by atoms with Gasteiger partial charge in [-0.2, -0.15) is 0 Å². The fourth-order valence-corrected chi connectivity index (χ4v) is 2.18. The Balaban J connectivity index is 2.48. The summed E-state index contributed by atoms with van der Waals surface area (Å²) in [7, 11) is -3.26. The average molecular weight is 265 g/mol. The number of benzene rings is 1. The third-order valence-corrected chi connectivity index (χ3v) is 4.04. The van der Waals surface area contributed by atoms with Crippen molar-refractivity contribution in [3.63, 3.8) is 0 Å². The fourth-order valence-electron chi connectivity index (χ4n) is 1.55. The highest BCUT2D eigenvalue weighted by atomic mass is 32.2. The maximum absolute atomic E-state index is 11.5. The van der Waals surface area contributed by atoms with Crippen LogP contribution in [0.25, 0.3) is 11.0 Å². The van der Waals surface area contributed by atoms with Crippen LogP contribution in [0.5, 0.6) is 0 Å². The molecule has 0 aliphatic rings. The lowest BCUT2D eigenvalue weighted by Gasteiger charge is -2.07. The predicted octanol–water partition coefficient (Wildman–Crippen LogP) is 2.01. The number of hydrogen-bond donors (Lipinski definition) is 1. The zero-order valence-corrected chi connectivity index (χ0v) is 11.4. The molecule has 0 unspecified atom stereocenters. The van der Waals surface area contributed by atoms with Gasteiger partial charge in [-0.15, -0.1) is 0 Å². The number of sulfonamides is 1. The smallest absolute Gasteiger partial charge is 0.232 e. The maximum Gasteiger partial charge on any atom is 0.232 e. The summed E-state index contributed by atoms with van der Waals surface area (Å²) < 4.78 is 25.5. The van der Waals surface area contributed by atoms with E-state index in [-0.39, 0.29) is 5.75 Å². The molecule has 18 heavy (non-hydrogen) atoms. The van der Waals surface area contributed by atoms with E-state index < -0.39 is 10.0 Å². The number of hydrogen-bond acceptors (Lipinski definition) is 4. The van der Waals surface area contributed by atoms with Crippen molar-refractivity contribution in [3.8, 4) is 0 Å². The third-order valence-electron chi connectivity index (χ3n) is 2.73. The molecule has 1 N–H and O–H groups in total. The van der Waals surface area contributed by atoms with E-state index >= 15 is 0 Å². The molecule has 0 atom stereocenters. The maximum atomic E-state index is 11.5. The van der Waals surface area contributed by atoms with Crippen LogP contribution in [0.1, 0.15) is 18.3 Å². The standard InChI is InChI=1S/C12H15N3O2S/c1-4-18(16,17)15-10-5-6-11-12(7-10)14-9(3)8(2)13-11/h5-7,15H,4H2,1-3H3. The lowest BCUT2D eigenvalue weighted by molar-refractivity contribution is 0.602. The molecular weight excluding hydrogens is 250 g/mol. The van der Waals surface area contributed by atoms with E-state index in [9.17, 15) is 8.42 Å². The highest BCUT2D eigenvalue weighted by Crippen LogP contribution is 2.18. The molecule has 1 aromatic carbocycles. The van der Waals surface area contributed by atoms with E-state index in [1.54, 1.807) is 25.1 Å². The SMILES string of the molecule is CCS(=O)(=O)Nc1ccc2nc(C)c(C)nc2c1. The van der Waals surface area contributed by atoms with Crippen molar-refractivity contribution in [2.75, 3.05) is 10.5 Å². The number of anilines is 1. The summed E-state index contributed by atoms with van der Waals surface area (Å²) in [5.74, 6) is 0.0453. The van der Waals surface area contributed by atoms with Crippen molar-refractivity contribution in [2.24, 2.45) is 0 Å². The van der Waals surface area contributed by atoms with Crippen LogP contribution in [0.3, 0.4) is 0 Å². The molecule has 5 nitrogen and oxygen atoms in total. The van der Waals surface area contributed by atoms with Crippen LogP contribution in [-0.2, 0) is 10.0 Å². The van der Waals surface area contributed by atoms with Crippen molar-refractivity contribution in [3.05, 3.63) is 29.6 Å². The quantitative estimate of drug-likeness (QED) is 0.921. The van der Waals surface area contributed by atoms with Gasteiger partial charge in [0, 0.05) is 0 Å². The summed E-state index contributed by atoms with van der Waals surface area (Å²) in [5, 5.41) is 0. The van der Waals surface area contributed by atoms with E-state index in [0.29, 0.717) is 11.2 Å². The molecule has 0 radical (unpaired) electrons. The van der Waals surface area contributed by atoms with Crippen LogP contribution in [0, 0.1) is 13.8 Å². The predicted molar refractivity (Wildman–Crippen MR) is 72.1 cm³/mol. The molecule has 0 amide bonds. The number of nitrogens with zero attached hydrogens (tertiary/aromatic N) is 2. The molecule has 0 spiro atoms. The van der Waals surface area contributed by atoms with Crippen LogP contribution >= 0.6 is 0 Å².